The summed E-state index contributed by atoms with van der Waals surface area (Å²) in [7, 11) is 0. The van der Waals surface area contributed by atoms with Crippen molar-refractivity contribution in [2.75, 3.05) is 0 Å². The lowest BCUT2D eigenvalue weighted by Crippen LogP contribution is -2.00. The molecule has 0 N–H and O–H groups in total. The zero-order valence-electron chi connectivity index (χ0n) is 30.7. The molecule has 0 saturated carbocycles. The van der Waals surface area contributed by atoms with Gasteiger partial charge < -0.3 is 0 Å². The minimum Gasteiger partial charge on any atom is -0.247 e. The molecule has 11 rings (SSSR count). The first-order valence-corrected chi connectivity index (χ1v) is 19.9. The van der Waals surface area contributed by atoms with Gasteiger partial charge in [-0.2, -0.15) is 0 Å². The molecule has 0 saturated heterocycles. The predicted octanol–water partition coefficient (Wildman–Crippen LogP) is 13.9. The molecule has 0 atom stereocenters. The van der Waals surface area contributed by atoms with E-state index in [1.165, 1.54) is 31.1 Å². The highest BCUT2D eigenvalue weighted by molar-refractivity contribution is 7.26. The van der Waals surface area contributed by atoms with Crippen LogP contribution in [0.4, 0.5) is 0 Å². The van der Waals surface area contributed by atoms with Gasteiger partial charge in [0, 0.05) is 58.6 Å². The fourth-order valence-corrected chi connectivity index (χ4v) is 9.02. The second-order valence-electron chi connectivity index (χ2n) is 14.2. The Labute approximate surface area is 333 Å². The average molecular weight is 745 g/mol. The van der Waals surface area contributed by atoms with Crippen molar-refractivity contribution < 1.29 is 0 Å². The van der Waals surface area contributed by atoms with E-state index >= 15 is 0 Å². The van der Waals surface area contributed by atoms with Gasteiger partial charge in [-0.3, -0.25) is 0 Å². The largest absolute Gasteiger partial charge is 0.247 e. The van der Waals surface area contributed by atoms with E-state index in [2.05, 4.69) is 158 Å². The van der Waals surface area contributed by atoms with E-state index in [4.69, 9.17) is 19.9 Å². The Morgan fingerprint density at radius 1 is 0.281 bits per heavy atom. The second-order valence-corrected chi connectivity index (χ2v) is 15.3. The van der Waals surface area contributed by atoms with Crippen molar-refractivity contribution in [1.29, 1.82) is 0 Å². The molecule has 0 spiro atoms. The topological polar surface area (TPSA) is 51.6 Å². The number of hydrogen-bond acceptors (Lipinski definition) is 5. The smallest absolute Gasteiger partial charge is 0.164 e. The summed E-state index contributed by atoms with van der Waals surface area (Å²) in [6.45, 7) is 0. The fourth-order valence-electron chi connectivity index (χ4n) is 7.91. The zero-order valence-corrected chi connectivity index (χ0v) is 31.5. The van der Waals surface area contributed by atoms with Crippen molar-refractivity contribution in [3.05, 3.63) is 194 Å². The maximum Gasteiger partial charge on any atom is 0.164 e. The van der Waals surface area contributed by atoms with Gasteiger partial charge in [-0.05, 0) is 46.5 Å². The van der Waals surface area contributed by atoms with Crippen LogP contribution in [0, 0.1) is 0 Å². The lowest BCUT2D eigenvalue weighted by atomic mass is 9.94. The van der Waals surface area contributed by atoms with Crippen LogP contribution in [0.5, 0.6) is 0 Å². The molecular formula is C52H32N4S. The molecule has 3 heterocycles. The highest BCUT2D eigenvalue weighted by Crippen LogP contribution is 2.44. The van der Waals surface area contributed by atoms with Gasteiger partial charge in [0.05, 0.1) is 11.2 Å². The van der Waals surface area contributed by atoms with Crippen LogP contribution in [-0.2, 0) is 0 Å². The summed E-state index contributed by atoms with van der Waals surface area (Å²) in [5.74, 6) is 1.91. The van der Waals surface area contributed by atoms with Crippen LogP contribution in [0.15, 0.2) is 194 Å². The Morgan fingerprint density at radius 2 is 0.754 bits per heavy atom. The van der Waals surface area contributed by atoms with Crippen molar-refractivity contribution in [2.45, 2.75) is 0 Å². The zero-order chi connectivity index (χ0) is 37.7. The number of rotatable bonds is 6. The van der Waals surface area contributed by atoms with Gasteiger partial charge >= 0.3 is 0 Å². The van der Waals surface area contributed by atoms with Crippen LogP contribution in [0.2, 0.25) is 0 Å². The monoisotopic (exact) mass is 744 g/mol. The third-order valence-corrected chi connectivity index (χ3v) is 11.9. The van der Waals surface area contributed by atoms with Crippen molar-refractivity contribution in [3.63, 3.8) is 0 Å². The maximum absolute atomic E-state index is 5.30. The molecule has 8 aromatic carbocycles. The van der Waals surface area contributed by atoms with Gasteiger partial charge in [0.2, 0.25) is 0 Å². The Bertz CT molecular complexity index is 3250. The number of nitrogens with zero attached hydrogens (tertiary/aromatic N) is 4. The second kappa shape index (κ2) is 13.7. The summed E-state index contributed by atoms with van der Waals surface area (Å²) in [6, 6.07) is 68.0. The molecule has 0 aliphatic carbocycles. The molecule has 11 aromatic rings. The highest BCUT2D eigenvalue weighted by atomic mass is 32.1. The Balaban J connectivity index is 1.02. The van der Waals surface area contributed by atoms with Crippen LogP contribution < -0.4 is 0 Å². The standard InChI is InChI=1S/C52H32N4S/c1-4-12-33(13-5-1)34-20-24-38(25-21-34)51-54-50(37-16-8-3-9-17-37)55-52(56-51)39-26-22-35(23-27-39)40-28-30-44-43(32-40)47-42(49(53-44)36-14-6-2-7-15-36)29-31-46-48(47)41-18-10-11-19-45(41)57-46/h1-32H. The SMILES string of the molecule is c1ccc(-c2ccc(-c3nc(-c4ccccc4)nc(-c4ccc(-c5ccc6nc(-c7ccccc7)c7ccc8sc9ccccc9c8c7c6c5)cc4)n3)cc2)cc1. The molecule has 0 fully saturated rings. The molecule has 0 aliphatic rings. The number of pyridine rings is 1. The molecule has 0 unspecified atom stereocenters. The van der Waals surface area contributed by atoms with E-state index in [1.807, 2.05) is 47.7 Å². The molecule has 0 bridgehead atoms. The summed E-state index contributed by atoms with van der Waals surface area (Å²) >= 11 is 1.85. The Morgan fingerprint density at radius 3 is 1.39 bits per heavy atom. The molecule has 0 amide bonds. The first-order valence-electron chi connectivity index (χ1n) is 19.0. The summed E-state index contributed by atoms with van der Waals surface area (Å²) in [5.41, 5.74) is 10.5. The molecule has 57 heavy (non-hydrogen) atoms. The minimum absolute atomic E-state index is 0.631. The van der Waals surface area contributed by atoms with Gasteiger partial charge in [-0.15, -0.1) is 11.3 Å². The lowest BCUT2D eigenvalue weighted by Gasteiger charge is -2.13. The average Bonchev–Trinajstić information content (AvgIpc) is 3.68. The van der Waals surface area contributed by atoms with Crippen molar-refractivity contribution >= 4 is 53.2 Å². The number of thiophene rings is 1. The number of fused-ring (bicyclic) bond motifs is 7. The summed E-state index contributed by atoms with van der Waals surface area (Å²) < 4.78 is 2.57. The third-order valence-electron chi connectivity index (χ3n) is 10.7. The van der Waals surface area contributed by atoms with E-state index < -0.39 is 0 Å². The summed E-state index contributed by atoms with van der Waals surface area (Å²) in [4.78, 5) is 20.3. The molecule has 4 nitrogen and oxygen atoms in total. The van der Waals surface area contributed by atoms with Crippen molar-refractivity contribution in [3.8, 4) is 67.7 Å². The van der Waals surface area contributed by atoms with Gasteiger partial charge in [0.25, 0.3) is 0 Å². The third kappa shape index (κ3) is 5.93. The van der Waals surface area contributed by atoms with E-state index in [-0.39, 0.29) is 0 Å². The number of hydrogen-bond donors (Lipinski definition) is 0. The molecule has 5 heteroatoms. The number of aromatic nitrogens is 4. The lowest BCUT2D eigenvalue weighted by molar-refractivity contribution is 1.07. The van der Waals surface area contributed by atoms with Crippen LogP contribution in [0.25, 0.3) is 110 Å². The molecular weight excluding hydrogens is 713 g/mol. The van der Waals surface area contributed by atoms with Crippen LogP contribution in [-0.4, -0.2) is 19.9 Å². The molecule has 3 aromatic heterocycles. The van der Waals surface area contributed by atoms with Crippen molar-refractivity contribution in [1.82, 2.24) is 19.9 Å². The van der Waals surface area contributed by atoms with Crippen LogP contribution >= 0.6 is 11.3 Å². The first kappa shape index (κ1) is 33.0. The Kier molecular flexibility index (Phi) is 7.97. The summed E-state index contributed by atoms with van der Waals surface area (Å²) in [6.07, 6.45) is 0. The fraction of sp³-hybridized carbons (Fsp3) is 0. The van der Waals surface area contributed by atoms with E-state index in [1.54, 1.807) is 0 Å². The van der Waals surface area contributed by atoms with E-state index in [0.29, 0.717) is 17.5 Å². The first-order chi connectivity index (χ1) is 28.2. The van der Waals surface area contributed by atoms with Gasteiger partial charge in [-0.25, -0.2) is 19.9 Å². The predicted molar refractivity (Wildman–Crippen MR) is 238 cm³/mol. The minimum atomic E-state index is 0.631. The highest BCUT2D eigenvalue weighted by Gasteiger charge is 2.18. The Hall–Kier alpha value is -7.34. The molecule has 0 aliphatic heterocycles. The van der Waals surface area contributed by atoms with Crippen LogP contribution in [0.1, 0.15) is 0 Å². The van der Waals surface area contributed by atoms with E-state index in [9.17, 15) is 0 Å². The van der Waals surface area contributed by atoms with Gasteiger partial charge in [-0.1, -0.05) is 170 Å². The molecule has 266 valence electrons. The number of benzene rings is 8. The van der Waals surface area contributed by atoms with Gasteiger partial charge in [0.1, 0.15) is 0 Å². The van der Waals surface area contributed by atoms with Crippen LogP contribution in [0.3, 0.4) is 0 Å². The normalized spacial score (nSPS) is 11.5. The van der Waals surface area contributed by atoms with Gasteiger partial charge in [0.15, 0.2) is 17.5 Å². The molecule has 0 radical (unpaired) electrons. The quantitative estimate of drug-likeness (QED) is 0.159. The summed E-state index contributed by atoms with van der Waals surface area (Å²) in [5, 5.41) is 6.12. The van der Waals surface area contributed by atoms with Crippen molar-refractivity contribution in [2.24, 2.45) is 0 Å². The maximum atomic E-state index is 5.30. The van der Waals surface area contributed by atoms with E-state index in [0.717, 1.165) is 60.9 Å².